The van der Waals surface area contributed by atoms with Gasteiger partial charge in [-0.2, -0.15) is 11.8 Å². The van der Waals surface area contributed by atoms with Crippen molar-refractivity contribution in [3.8, 4) is 0 Å². The summed E-state index contributed by atoms with van der Waals surface area (Å²) in [5.74, 6) is 0.699. The Bertz CT molecular complexity index is 257. The number of hydrogen-bond acceptors (Lipinski definition) is 3. The van der Waals surface area contributed by atoms with E-state index in [0.29, 0.717) is 18.1 Å². The Morgan fingerprint density at radius 2 is 1.94 bits per heavy atom. The topological polar surface area (TPSA) is 66.4 Å². The first-order valence-electron chi connectivity index (χ1n) is 6.54. The van der Waals surface area contributed by atoms with Crippen molar-refractivity contribution in [2.75, 3.05) is 18.1 Å². The van der Waals surface area contributed by atoms with Crippen LogP contribution in [0.2, 0.25) is 0 Å². The van der Waals surface area contributed by atoms with Crippen LogP contribution in [-0.4, -0.2) is 35.0 Å². The first-order chi connectivity index (χ1) is 8.47. The smallest absolute Gasteiger partial charge is 0.308 e. The lowest BCUT2D eigenvalue weighted by molar-refractivity contribution is -0.141. The Kier molecular flexibility index (Phi) is 9.83. The average Bonchev–Trinajstić information content (AvgIpc) is 2.29. The van der Waals surface area contributed by atoms with Crippen molar-refractivity contribution in [2.24, 2.45) is 11.8 Å². The Labute approximate surface area is 114 Å². The van der Waals surface area contributed by atoms with Crippen molar-refractivity contribution < 1.29 is 14.7 Å². The third-order valence-corrected chi connectivity index (χ3v) is 3.60. The Balaban J connectivity index is 3.70. The van der Waals surface area contributed by atoms with Gasteiger partial charge in [0.25, 0.3) is 0 Å². The van der Waals surface area contributed by atoms with Gasteiger partial charge >= 0.3 is 5.97 Å². The summed E-state index contributed by atoms with van der Waals surface area (Å²) in [6.07, 6.45) is 2.53. The Morgan fingerprint density at radius 3 is 2.44 bits per heavy atom. The second-order valence-electron chi connectivity index (χ2n) is 4.86. The maximum atomic E-state index is 11.5. The molecule has 4 nitrogen and oxygen atoms in total. The highest BCUT2D eigenvalue weighted by molar-refractivity contribution is 7.99. The lowest BCUT2D eigenvalue weighted by Crippen LogP contribution is -2.34. The zero-order valence-corrected chi connectivity index (χ0v) is 12.4. The molecule has 0 aromatic heterocycles. The van der Waals surface area contributed by atoms with Gasteiger partial charge in [-0.3, -0.25) is 9.59 Å². The van der Waals surface area contributed by atoms with Crippen LogP contribution in [0.1, 0.15) is 40.0 Å². The average molecular weight is 275 g/mol. The normalized spacial score (nSPS) is 12.4. The molecule has 0 aliphatic rings. The van der Waals surface area contributed by atoms with Crippen LogP contribution in [0.15, 0.2) is 0 Å². The molecule has 1 amide bonds. The largest absolute Gasteiger partial charge is 0.481 e. The lowest BCUT2D eigenvalue weighted by atomic mass is 10.0. The summed E-state index contributed by atoms with van der Waals surface area (Å²) in [4.78, 5) is 22.4. The quantitative estimate of drug-likeness (QED) is 0.601. The molecule has 0 aliphatic carbocycles. The summed E-state index contributed by atoms with van der Waals surface area (Å²) in [5.41, 5.74) is 0. The summed E-state index contributed by atoms with van der Waals surface area (Å²) < 4.78 is 0. The van der Waals surface area contributed by atoms with Crippen LogP contribution in [0.3, 0.4) is 0 Å². The second-order valence-corrected chi connectivity index (χ2v) is 5.97. The van der Waals surface area contributed by atoms with E-state index in [2.05, 4.69) is 19.2 Å². The number of carboxylic acid groups (broad SMARTS) is 1. The maximum Gasteiger partial charge on any atom is 0.308 e. The number of carboxylic acids is 1. The fourth-order valence-corrected chi connectivity index (χ4v) is 2.50. The molecule has 0 rings (SSSR count). The molecule has 0 heterocycles. The molecule has 0 fully saturated rings. The van der Waals surface area contributed by atoms with E-state index in [1.54, 1.807) is 11.8 Å². The van der Waals surface area contributed by atoms with Crippen LogP contribution >= 0.6 is 11.8 Å². The second kappa shape index (κ2) is 10.2. The number of carbonyl (C=O) groups excluding carboxylic acids is 1. The summed E-state index contributed by atoms with van der Waals surface area (Å²) in [5, 5.41) is 11.6. The molecular weight excluding hydrogens is 250 g/mol. The minimum Gasteiger partial charge on any atom is -0.481 e. The highest BCUT2D eigenvalue weighted by Crippen LogP contribution is 2.09. The van der Waals surface area contributed by atoms with Crippen LogP contribution in [0.5, 0.6) is 0 Å². The highest BCUT2D eigenvalue weighted by Gasteiger charge is 2.16. The van der Waals surface area contributed by atoms with Gasteiger partial charge in [0.2, 0.25) is 5.91 Å². The Hall–Kier alpha value is -0.710. The molecule has 0 spiro atoms. The molecule has 1 unspecified atom stereocenters. The number of hydrogen-bond donors (Lipinski definition) is 2. The van der Waals surface area contributed by atoms with Crippen LogP contribution in [0.25, 0.3) is 0 Å². The number of nitrogens with one attached hydrogen (secondary N) is 1. The van der Waals surface area contributed by atoms with Crippen LogP contribution in [0.4, 0.5) is 0 Å². The van der Waals surface area contributed by atoms with Crippen molar-refractivity contribution in [2.45, 2.75) is 40.0 Å². The van der Waals surface area contributed by atoms with E-state index in [1.165, 1.54) is 0 Å². The molecule has 1 atom stereocenters. The van der Waals surface area contributed by atoms with Gasteiger partial charge in [-0.1, -0.05) is 27.2 Å². The van der Waals surface area contributed by atoms with Gasteiger partial charge in [0, 0.05) is 6.54 Å². The maximum absolute atomic E-state index is 11.5. The summed E-state index contributed by atoms with van der Waals surface area (Å²) >= 11 is 1.60. The van der Waals surface area contributed by atoms with Crippen molar-refractivity contribution >= 4 is 23.6 Å². The van der Waals surface area contributed by atoms with Gasteiger partial charge in [-0.05, 0) is 24.5 Å². The van der Waals surface area contributed by atoms with Crippen molar-refractivity contribution in [3.05, 3.63) is 0 Å². The standard InChI is InChI=1S/C13H25NO3S/c1-4-5-11(13(16)17)8-14-12(15)9-18-7-6-10(2)3/h10-11H,4-9H2,1-3H3,(H,14,15)(H,16,17). The number of amides is 1. The van der Waals surface area contributed by atoms with Crippen molar-refractivity contribution in [1.29, 1.82) is 0 Å². The number of rotatable bonds is 10. The molecule has 18 heavy (non-hydrogen) atoms. The molecule has 0 aromatic rings. The van der Waals surface area contributed by atoms with Gasteiger partial charge in [0.1, 0.15) is 0 Å². The molecular formula is C13H25NO3S. The van der Waals surface area contributed by atoms with Crippen LogP contribution < -0.4 is 5.32 Å². The molecule has 2 N–H and O–H groups in total. The van der Waals surface area contributed by atoms with Crippen molar-refractivity contribution in [1.82, 2.24) is 5.32 Å². The predicted molar refractivity (Wildman–Crippen MR) is 75.8 cm³/mol. The SMILES string of the molecule is CCCC(CNC(=O)CSCCC(C)C)C(=O)O. The number of carbonyl (C=O) groups is 2. The van der Waals surface area contributed by atoms with Gasteiger partial charge in [0.15, 0.2) is 0 Å². The highest BCUT2D eigenvalue weighted by atomic mass is 32.2. The van der Waals surface area contributed by atoms with E-state index in [4.69, 9.17) is 5.11 Å². The van der Waals surface area contributed by atoms with E-state index >= 15 is 0 Å². The van der Waals surface area contributed by atoms with Crippen LogP contribution in [-0.2, 0) is 9.59 Å². The fraction of sp³-hybridized carbons (Fsp3) is 0.846. The third-order valence-electron chi connectivity index (χ3n) is 2.60. The predicted octanol–water partition coefficient (Wildman–Crippen LogP) is 2.38. The molecule has 0 radical (unpaired) electrons. The molecule has 0 saturated carbocycles. The zero-order chi connectivity index (χ0) is 14.0. The first-order valence-corrected chi connectivity index (χ1v) is 7.70. The minimum atomic E-state index is -0.829. The monoisotopic (exact) mass is 275 g/mol. The van der Waals surface area contributed by atoms with Gasteiger partial charge in [0.05, 0.1) is 11.7 Å². The molecule has 0 bridgehead atoms. The first kappa shape index (κ1) is 17.3. The van der Waals surface area contributed by atoms with Crippen LogP contribution in [0, 0.1) is 11.8 Å². The van der Waals surface area contributed by atoms with Gasteiger partial charge in [-0.25, -0.2) is 0 Å². The van der Waals surface area contributed by atoms with E-state index < -0.39 is 11.9 Å². The summed E-state index contributed by atoms with van der Waals surface area (Å²) in [7, 11) is 0. The molecule has 0 aliphatic heterocycles. The van der Waals surface area contributed by atoms with E-state index in [-0.39, 0.29) is 12.5 Å². The van der Waals surface area contributed by atoms with E-state index in [9.17, 15) is 9.59 Å². The van der Waals surface area contributed by atoms with Gasteiger partial charge in [-0.15, -0.1) is 0 Å². The lowest BCUT2D eigenvalue weighted by Gasteiger charge is -2.12. The van der Waals surface area contributed by atoms with Gasteiger partial charge < -0.3 is 10.4 Å². The Morgan fingerprint density at radius 1 is 1.28 bits per heavy atom. The number of aliphatic carboxylic acids is 1. The summed E-state index contributed by atoms with van der Waals surface area (Å²) in [6, 6.07) is 0. The number of thioether (sulfide) groups is 1. The van der Waals surface area contributed by atoms with E-state index in [1.807, 2.05) is 6.92 Å². The third kappa shape index (κ3) is 9.33. The van der Waals surface area contributed by atoms with E-state index in [0.717, 1.165) is 18.6 Å². The molecule has 0 saturated heterocycles. The van der Waals surface area contributed by atoms with Crippen molar-refractivity contribution in [3.63, 3.8) is 0 Å². The molecule has 106 valence electrons. The molecule has 5 heteroatoms. The zero-order valence-electron chi connectivity index (χ0n) is 11.6. The minimum absolute atomic E-state index is 0.0638. The fourth-order valence-electron chi connectivity index (χ4n) is 1.43. The molecule has 0 aromatic carbocycles. The summed E-state index contributed by atoms with van der Waals surface area (Å²) in [6.45, 7) is 6.50.